The Labute approximate surface area is 190 Å². The Morgan fingerprint density at radius 3 is 2.73 bits per heavy atom. The zero-order valence-electron chi connectivity index (χ0n) is 15.8. The van der Waals surface area contributed by atoms with Crippen LogP contribution in [0.3, 0.4) is 0 Å². The molecule has 2 aromatic heterocycles. The number of carbonyl (C=O) groups excluding carboxylic acids is 1. The van der Waals surface area contributed by atoms with Gasteiger partial charge in [-0.2, -0.15) is 0 Å². The molecule has 0 aliphatic heterocycles. The smallest absolute Gasteiger partial charge is 0.271 e. The standard InChI is InChI=1S/C21H16ClN3O2S3/c1-25-20(27)19-16(10-11-28-19)24-21(25)29-12-18(26)23-15-4-2-3-5-17(15)30-14-8-6-13(22)7-9-14/h2-11H,12H2,1H3,(H,23,26). The lowest BCUT2D eigenvalue weighted by Gasteiger charge is -2.11. The summed E-state index contributed by atoms with van der Waals surface area (Å²) in [5.41, 5.74) is 1.30. The van der Waals surface area contributed by atoms with Crippen molar-refractivity contribution >= 4 is 68.3 Å². The van der Waals surface area contributed by atoms with Crippen LogP contribution in [-0.2, 0) is 11.8 Å². The van der Waals surface area contributed by atoms with Crippen LogP contribution >= 0.6 is 46.5 Å². The Morgan fingerprint density at radius 1 is 1.17 bits per heavy atom. The molecule has 4 aromatic rings. The molecular weight excluding hydrogens is 458 g/mol. The maximum atomic E-state index is 12.6. The van der Waals surface area contributed by atoms with Crippen LogP contribution in [-0.4, -0.2) is 21.2 Å². The average molecular weight is 474 g/mol. The van der Waals surface area contributed by atoms with Gasteiger partial charge in [-0.3, -0.25) is 14.2 Å². The van der Waals surface area contributed by atoms with Crippen molar-refractivity contribution in [1.29, 1.82) is 0 Å². The Balaban J connectivity index is 1.45. The van der Waals surface area contributed by atoms with E-state index in [1.807, 2.05) is 60.0 Å². The number of fused-ring (bicyclic) bond motifs is 1. The van der Waals surface area contributed by atoms with E-state index in [9.17, 15) is 9.59 Å². The van der Waals surface area contributed by atoms with Gasteiger partial charge in [-0.15, -0.1) is 11.3 Å². The molecule has 0 saturated heterocycles. The molecule has 0 unspecified atom stereocenters. The minimum Gasteiger partial charge on any atom is -0.324 e. The molecule has 1 N–H and O–H groups in total. The second kappa shape index (κ2) is 9.26. The summed E-state index contributed by atoms with van der Waals surface area (Å²) in [7, 11) is 1.67. The first-order valence-electron chi connectivity index (χ1n) is 8.90. The molecule has 0 bridgehead atoms. The van der Waals surface area contributed by atoms with E-state index in [1.54, 1.807) is 18.8 Å². The van der Waals surface area contributed by atoms with Gasteiger partial charge in [0.25, 0.3) is 5.56 Å². The van der Waals surface area contributed by atoms with Crippen molar-refractivity contribution in [3.63, 3.8) is 0 Å². The zero-order valence-corrected chi connectivity index (χ0v) is 19.0. The third-order valence-electron chi connectivity index (χ3n) is 4.18. The quantitative estimate of drug-likeness (QED) is 0.294. The Kier molecular flexibility index (Phi) is 6.48. The number of halogens is 1. The molecule has 0 radical (unpaired) electrons. The topological polar surface area (TPSA) is 64.0 Å². The van der Waals surface area contributed by atoms with E-state index < -0.39 is 0 Å². The molecule has 0 spiro atoms. The van der Waals surface area contributed by atoms with Gasteiger partial charge in [-0.05, 0) is 47.8 Å². The van der Waals surface area contributed by atoms with Crippen molar-refractivity contribution in [2.24, 2.45) is 7.05 Å². The molecule has 2 aromatic carbocycles. The van der Waals surface area contributed by atoms with E-state index in [0.717, 1.165) is 15.5 Å². The second-order valence-corrected chi connectivity index (χ2v) is 9.69. The first kappa shape index (κ1) is 21.0. The van der Waals surface area contributed by atoms with Crippen molar-refractivity contribution in [2.45, 2.75) is 14.9 Å². The number of hydrogen-bond acceptors (Lipinski definition) is 6. The molecule has 9 heteroatoms. The van der Waals surface area contributed by atoms with Crippen LogP contribution in [0.15, 0.2) is 79.7 Å². The Bertz CT molecular complexity index is 1270. The molecule has 2 heterocycles. The van der Waals surface area contributed by atoms with Gasteiger partial charge in [-0.1, -0.05) is 47.3 Å². The molecule has 4 rings (SSSR count). The number of anilines is 1. The van der Waals surface area contributed by atoms with Crippen LogP contribution in [0.5, 0.6) is 0 Å². The van der Waals surface area contributed by atoms with E-state index in [1.165, 1.54) is 27.7 Å². The summed E-state index contributed by atoms with van der Waals surface area (Å²) >= 11 is 10.1. The molecule has 1 amide bonds. The number of nitrogens with one attached hydrogen (secondary N) is 1. The number of amides is 1. The molecular formula is C21H16ClN3O2S3. The van der Waals surface area contributed by atoms with Crippen LogP contribution in [0.1, 0.15) is 0 Å². The highest BCUT2D eigenvalue weighted by atomic mass is 35.5. The van der Waals surface area contributed by atoms with Crippen LogP contribution in [0.4, 0.5) is 5.69 Å². The van der Waals surface area contributed by atoms with Gasteiger partial charge in [0.15, 0.2) is 5.16 Å². The zero-order chi connectivity index (χ0) is 21.1. The number of nitrogens with zero attached hydrogens (tertiary/aromatic N) is 2. The van der Waals surface area contributed by atoms with Crippen molar-refractivity contribution in [3.05, 3.63) is 75.4 Å². The number of thiophene rings is 1. The summed E-state index contributed by atoms with van der Waals surface area (Å²) < 4.78 is 2.11. The van der Waals surface area contributed by atoms with Crippen LogP contribution in [0, 0.1) is 0 Å². The monoisotopic (exact) mass is 473 g/mol. The number of para-hydroxylation sites is 1. The fourth-order valence-electron chi connectivity index (χ4n) is 2.70. The van der Waals surface area contributed by atoms with Gasteiger partial charge in [0.2, 0.25) is 5.91 Å². The fourth-order valence-corrected chi connectivity index (χ4v) is 5.31. The lowest BCUT2D eigenvalue weighted by Crippen LogP contribution is -2.20. The van der Waals surface area contributed by atoms with E-state index in [0.29, 0.717) is 20.4 Å². The lowest BCUT2D eigenvalue weighted by molar-refractivity contribution is -0.113. The predicted octanol–water partition coefficient (Wildman–Crippen LogP) is 5.53. The molecule has 0 atom stereocenters. The minimum absolute atomic E-state index is 0.0948. The highest BCUT2D eigenvalue weighted by Gasteiger charge is 2.13. The number of thioether (sulfide) groups is 1. The van der Waals surface area contributed by atoms with E-state index in [2.05, 4.69) is 10.3 Å². The van der Waals surface area contributed by atoms with Gasteiger partial charge in [-0.25, -0.2) is 4.98 Å². The van der Waals surface area contributed by atoms with Gasteiger partial charge >= 0.3 is 0 Å². The number of carbonyl (C=O) groups is 1. The largest absolute Gasteiger partial charge is 0.324 e. The summed E-state index contributed by atoms with van der Waals surface area (Å²) in [6.07, 6.45) is 0. The first-order chi connectivity index (χ1) is 14.5. The van der Waals surface area contributed by atoms with E-state index >= 15 is 0 Å². The number of rotatable bonds is 6. The highest BCUT2D eigenvalue weighted by molar-refractivity contribution is 8.00. The molecule has 0 aliphatic carbocycles. The van der Waals surface area contributed by atoms with Crippen LogP contribution in [0.25, 0.3) is 10.2 Å². The van der Waals surface area contributed by atoms with Gasteiger partial charge in [0.05, 0.1) is 17.0 Å². The molecule has 30 heavy (non-hydrogen) atoms. The lowest BCUT2D eigenvalue weighted by atomic mass is 10.3. The summed E-state index contributed by atoms with van der Waals surface area (Å²) in [5.74, 6) is -0.0144. The third-order valence-corrected chi connectivity index (χ3v) is 7.44. The van der Waals surface area contributed by atoms with E-state index in [4.69, 9.17) is 11.6 Å². The van der Waals surface area contributed by atoms with Crippen LogP contribution < -0.4 is 10.9 Å². The van der Waals surface area contributed by atoms with Crippen molar-refractivity contribution in [3.8, 4) is 0 Å². The average Bonchev–Trinajstić information content (AvgIpc) is 3.21. The predicted molar refractivity (Wildman–Crippen MR) is 126 cm³/mol. The molecule has 0 aliphatic rings. The molecule has 5 nitrogen and oxygen atoms in total. The summed E-state index contributed by atoms with van der Waals surface area (Å²) in [5, 5.41) is 6.00. The van der Waals surface area contributed by atoms with Gasteiger partial charge < -0.3 is 5.32 Å². The van der Waals surface area contributed by atoms with Crippen molar-refractivity contribution in [1.82, 2.24) is 9.55 Å². The summed E-state index contributed by atoms with van der Waals surface area (Å²) in [6, 6.07) is 17.0. The van der Waals surface area contributed by atoms with Crippen molar-refractivity contribution in [2.75, 3.05) is 11.1 Å². The number of benzene rings is 2. The van der Waals surface area contributed by atoms with Gasteiger partial charge in [0, 0.05) is 21.9 Å². The normalized spacial score (nSPS) is 11.0. The fraction of sp³-hybridized carbons (Fsp3) is 0.0952. The SMILES string of the molecule is Cn1c(SCC(=O)Nc2ccccc2Sc2ccc(Cl)cc2)nc2ccsc2c1=O. The Hall–Kier alpha value is -2.26. The van der Waals surface area contributed by atoms with Crippen LogP contribution in [0.2, 0.25) is 5.02 Å². The minimum atomic E-state index is -0.163. The van der Waals surface area contributed by atoms with E-state index in [-0.39, 0.29) is 17.2 Å². The number of aromatic nitrogens is 2. The van der Waals surface area contributed by atoms with Crippen molar-refractivity contribution < 1.29 is 4.79 Å². The summed E-state index contributed by atoms with van der Waals surface area (Å²) in [4.78, 5) is 31.4. The maximum Gasteiger partial charge on any atom is 0.271 e. The maximum absolute atomic E-state index is 12.6. The molecule has 0 fully saturated rings. The second-order valence-electron chi connectivity index (χ2n) is 6.28. The molecule has 152 valence electrons. The number of hydrogen-bond donors (Lipinski definition) is 1. The highest BCUT2D eigenvalue weighted by Crippen LogP contribution is 2.34. The first-order valence-corrected chi connectivity index (χ1v) is 12.0. The van der Waals surface area contributed by atoms with Gasteiger partial charge in [0.1, 0.15) is 4.70 Å². The third kappa shape index (κ3) is 4.73. The Morgan fingerprint density at radius 2 is 1.93 bits per heavy atom. The molecule has 0 saturated carbocycles. The summed E-state index contributed by atoms with van der Waals surface area (Å²) in [6.45, 7) is 0.